The molecule has 0 aromatic carbocycles. The fourth-order valence-electron chi connectivity index (χ4n) is 1.39. The van der Waals surface area contributed by atoms with E-state index in [2.05, 4.69) is 10.3 Å². The molecule has 14 heavy (non-hydrogen) atoms. The van der Waals surface area contributed by atoms with Crippen LogP contribution in [0.1, 0.15) is 19.3 Å². The van der Waals surface area contributed by atoms with Crippen LogP contribution in [0.25, 0.3) is 0 Å². The van der Waals surface area contributed by atoms with Crippen molar-refractivity contribution in [2.45, 2.75) is 19.3 Å². The topological polar surface area (TPSA) is 50.9 Å². The van der Waals surface area contributed by atoms with E-state index in [4.69, 9.17) is 17.3 Å². The lowest BCUT2D eigenvalue weighted by molar-refractivity contribution is 0.758. The summed E-state index contributed by atoms with van der Waals surface area (Å²) in [5.74, 6) is 1.63. The smallest absolute Gasteiger partial charge is 0.150 e. The zero-order chi connectivity index (χ0) is 9.97. The summed E-state index contributed by atoms with van der Waals surface area (Å²) in [5, 5.41) is 3.68. The van der Waals surface area contributed by atoms with Crippen molar-refractivity contribution in [2.24, 2.45) is 5.92 Å². The van der Waals surface area contributed by atoms with E-state index in [9.17, 15) is 0 Å². The molecule has 3 N–H and O–H groups in total. The van der Waals surface area contributed by atoms with Gasteiger partial charge in [-0.05, 0) is 24.5 Å². The average molecular weight is 212 g/mol. The molecule has 1 fully saturated rings. The molecule has 0 amide bonds. The van der Waals surface area contributed by atoms with Gasteiger partial charge in [0.15, 0.2) is 5.82 Å². The number of anilines is 2. The molecule has 4 heteroatoms. The number of rotatable bonds is 4. The summed E-state index contributed by atoms with van der Waals surface area (Å²) in [5.41, 5.74) is 6.40. The van der Waals surface area contributed by atoms with Gasteiger partial charge in [0.1, 0.15) is 5.15 Å². The van der Waals surface area contributed by atoms with Crippen LogP contribution in [0.4, 0.5) is 11.5 Å². The van der Waals surface area contributed by atoms with Crippen molar-refractivity contribution in [3.05, 3.63) is 17.3 Å². The highest BCUT2D eigenvalue weighted by Crippen LogP contribution is 2.32. The number of nitrogens with two attached hydrogens (primary N) is 1. The predicted octanol–water partition coefficient (Wildman–Crippen LogP) is 2.53. The molecule has 3 nitrogen and oxygen atoms in total. The van der Waals surface area contributed by atoms with Gasteiger partial charge in [-0.2, -0.15) is 0 Å². The fourth-order valence-corrected chi connectivity index (χ4v) is 1.54. The van der Waals surface area contributed by atoms with E-state index in [0.29, 0.717) is 16.7 Å². The second-order valence-corrected chi connectivity index (χ2v) is 4.12. The average Bonchev–Trinajstić information content (AvgIpc) is 2.95. The van der Waals surface area contributed by atoms with Gasteiger partial charge in [-0.3, -0.25) is 0 Å². The van der Waals surface area contributed by atoms with Crippen LogP contribution < -0.4 is 11.1 Å². The van der Waals surface area contributed by atoms with E-state index >= 15 is 0 Å². The second-order valence-electron chi connectivity index (χ2n) is 3.73. The monoisotopic (exact) mass is 211 g/mol. The van der Waals surface area contributed by atoms with Crippen LogP contribution in [-0.4, -0.2) is 11.5 Å². The molecule has 0 radical (unpaired) electrons. The van der Waals surface area contributed by atoms with E-state index < -0.39 is 0 Å². The van der Waals surface area contributed by atoms with Gasteiger partial charge in [-0.25, -0.2) is 4.98 Å². The molecule has 76 valence electrons. The zero-order valence-electron chi connectivity index (χ0n) is 7.96. The maximum Gasteiger partial charge on any atom is 0.150 e. The van der Waals surface area contributed by atoms with Crippen LogP contribution in [0.3, 0.4) is 0 Å². The van der Waals surface area contributed by atoms with E-state index in [1.165, 1.54) is 19.3 Å². The Morgan fingerprint density at radius 2 is 2.29 bits per heavy atom. The third-order valence-electron chi connectivity index (χ3n) is 2.43. The molecular formula is C10H14ClN3. The van der Waals surface area contributed by atoms with Crippen molar-refractivity contribution in [3.63, 3.8) is 0 Å². The molecule has 0 atom stereocenters. The number of pyridine rings is 1. The molecule has 1 aliphatic rings. The first-order valence-electron chi connectivity index (χ1n) is 4.91. The van der Waals surface area contributed by atoms with Gasteiger partial charge in [0.05, 0.1) is 5.69 Å². The third-order valence-corrected chi connectivity index (χ3v) is 2.64. The first-order chi connectivity index (χ1) is 6.75. The summed E-state index contributed by atoms with van der Waals surface area (Å²) in [7, 11) is 0. The first-order valence-corrected chi connectivity index (χ1v) is 5.29. The number of halogens is 1. The number of nitrogen functional groups attached to an aromatic ring is 1. The summed E-state index contributed by atoms with van der Waals surface area (Å²) in [4.78, 5) is 4.12. The summed E-state index contributed by atoms with van der Waals surface area (Å²) >= 11 is 5.76. The van der Waals surface area contributed by atoms with Crippen LogP contribution >= 0.6 is 11.6 Å². The summed E-state index contributed by atoms with van der Waals surface area (Å²) < 4.78 is 0. The highest BCUT2D eigenvalue weighted by atomic mass is 35.5. The Kier molecular flexibility index (Phi) is 2.77. The Bertz CT molecular complexity index is 323. The first kappa shape index (κ1) is 9.59. The zero-order valence-corrected chi connectivity index (χ0v) is 8.72. The highest BCUT2D eigenvalue weighted by molar-refractivity contribution is 6.29. The molecule has 1 aliphatic carbocycles. The number of hydrogen-bond donors (Lipinski definition) is 2. The van der Waals surface area contributed by atoms with Crippen LogP contribution in [0.2, 0.25) is 5.15 Å². The van der Waals surface area contributed by atoms with Crippen molar-refractivity contribution in [2.75, 3.05) is 17.6 Å². The lowest BCUT2D eigenvalue weighted by Crippen LogP contribution is -2.06. The van der Waals surface area contributed by atoms with Crippen LogP contribution in [0.15, 0.2) is 12.1 Å². The maximum absolute atomic E-state index is 5.76. The summed E-state index contributed by atoms with van der Waals surface area (Å²) in [6.07, 6.45) is 3.95. The van der Waals surface area contributed by atoms with Gasteiger partial charge >= 0.3 is 0 Å². The van der Waals surface area contributed by atoms with Crippen molar-refractivity contribution >= 4 is 23.1 Å². The SMILES string of the molecule is Nc1ccc(Cl)nc1NCCC1CC1. The largest absolute Gasteiger partial charge is 0.396 e. The van der Waals surface area contributed by atoms with Gasteiger partial charge in [-0.15, -0.1) is 0 Å². The number of aromatic nitrogens is 1. The maximum atomic E-state index is 5.76. The molecule has 0 spiro atoms. The Balaban J connectivity index is 1.89. The molecule has 1 aromatic rings. The Morgan fingerprint density at radius 3 is 3.00 bits per heavy atom. The minimum atomic E-state index is 0.480. The van der Waals surface area contributed by atoms with Crippen molar-refractivity contribution in [3.8, 4) is 0 Å². The Labute approximate surface area is 88.7 Å². The van der Waals surface area contributed by atoms with Crippen LogP contribution in [0.5, 0.6) is 0 Å². The molecule has 1 aromatic heterocycles. The second kappa shape index (κ2) is 4.05. The summed E-state index contributed by atoms with van der Waals surface area (Å²) in [6, 6.07) is 3.47. The standard InChI is InChI=1S/C10H14ClN3/c11-9-4-3-8(12)10(14-9)13-6-5-7-1-2-7/h3-4,7H,1-2,5-6,12H2,(H,13,14). The predicted molar refractivity (Wildman–Crippen MR) is 59.5 cm³/mol. The van der Waals surface area contributed by atoms with Crippen molar-refractivity contribution < 1.29 is 0 Å². The van der Waals surface area contributed by atoms with E-state index in [1.807, 2.05) is 0 Å². The molecule has 1 saturated carbocycles. The number of hydrogen-bond acceptors (Lipinski definition) is 3. The minimum Gasteiger partial charge on any atom is -0.396 e. The highest BCUT2D eigenvalue weighted by Gasteiger charge is 2.20. The molecule has 0 saturated heterocycles. The van der Waals surface area contributed by atoms with Gasteiger partial charge < -0.3 is 11.1 Å². The molecule has 0 bridgehead atoms. The molecular weight excluding hydrogens is 198 g/mol. The molecule has 0 unspecified atom stereocenters. The molecule has 1 heterocycles. The molecule has 2 rings (SSSR count). The van der Waals surface area contributed by atoms with E-state index in [1.54, 1.807) is 12.1 Å². The van der Waals surface area contributed by atoms with Gasteiger partial charge in [0, 0.05) is 6.54 Å². The summed E-state index contributed by atoms with van der Waals surface area (Å²) in [6.45, 7) is 0.933. The van der Waals surface area contributed by atoms with Crippen molar-refractivity contribution in [1.82, 2.24) is 4.98 Å². The van der Waals surface area contributed by atoms with Crippen molar-refractivity contribution in [1.29, 1.82) is 0 Å². The van der Waals surface area contributed by atoms with Crippen LogP contribution in [0, 0.1) is 5.92 Å². The quantitative estimate of drug-likeness (QED) is 0.753. The number of nitrogens with zero attached hydrogens (tertiary/aromatic N) is 1. The van der Waals surface area contributed by atoms with E-state index in [-0.39, 0.29) is 0 Å². The van der Waals surface area contributed by atoms with Crippen LogP contribution in [-0.2, 0) is 0 Å². The Hall–Kier alpha value is -0.960. The van der Waals surface area contributed by atoms with Gasteiger partial charge in [0.25, 0.3) is 0 Å². The Morgan fingerprint density at radius 1 is 1.50 bits per heavy atom. The van der Waals surface area contributed by atoms with Gasteiger partial charge in [-0.1, -0.05) is 24.4 Å². The molecule has 0 aliphatic heterocycles. The fraction of sp³-hybridized carbons (Fsp3) is 0.500. The lowest BCUT2D eigenvalue weighted by atomic mass is 10.3. The third kappa shape index (κ3) is 2.51. The number of nitrogens with one attached hydrogen (secondary N) is 1. The normalized spacial score (nSPS) is 15.5. The minimum absolute atomic E-state index is 0.480. The van der Waals surface area contributed by atoms with Gasteiger partial charge in [0.2, 0.25) is 0 Å². The lowest BCUT2D eigenvalue weighted by Gasteiger charge is -2.07. The van der Waals surface area contributed by atoms with E-state index in [0.717, 1.165) is 12.5 Å².